The van der Waals surface area contributed by atoms with Crippen molar-refractivity contribution in [1.82, 2.24) is 5.06 Å². The fourth-order valence-corrected chi connectivity index (χ4v) is 9.28. The summed E-state index contributed by atoms with van der Waals surface area (Å²) in [7, 11) is 0. The van der Waals surface area contributed by atoms with Crippen LogP contribution in [0.4, 0.5) is 8.78 Å². The van der Waals surface area contributed by atoms with Gasteiger partial charge in [0.2, 0.25) is 0 Å². The van der Waals surface area contributed by atoms with E-state index in [4.69, 9.17) is 4.84 Å². The van der Waals surface area contributed by atoms with Gasteiger partial charge < -0.3 is 10.2 Å². The smallest absolute Gasteiger partial charge is 0.192 e. The van der Waals surface area contributed by atoms with Gasteiger partial charge >= 0.3 is 0 Å². The highest BCUT2D eigenvalue weighted by molar-refractivity contribution is 7.07. The summed E-state index contributed by atoms with van der Waals surface area (Å²) in [5.41, 5.74) is -4.99. The Balaban J connectivity index is 1.42. The first kappa shape index (κ1) is 24.6. The minimum absolute atomic E-state index is 0.0686. The Labute approximate surface area is 212 Å². The molecule has 1 aromatic heterocycles. The van der Waals surface area contributed by atoms with E-state index in [-0.39, 0.29) is 30.1 Å². The molecule has 36 heavy (non-hydrogen) atoms. The molecule has 4 aliphatic carbocycles. The zero-order valence-electron chi connectivity index (χ0n) is 20.3. The number of carbonyl (C=O) groups excluding carboxylic acids is 2. The summed E-state index contributed by atoms with van der Waals surface area (Å²) in [5, 5.41) is 27.2. The van der Waals surface area contributed by atoms with Crippen molar-refractivity contribution in [3.8, 4) is 0 Å². The van der Waals surface area contributed by atoms with E-state index < -0.39 is 58.6 Å². The van der Waals surface area contributed by atoms with Crippen LogP contribution in [-0.2, 0) is 21.0 Å². The highest BCUT2D eigenvalue weighted by atomic mass is 32.1. The third-order valence-corrected chi connectivity index (χ3v) is 10.9. The van der Waals surface area contributed by atoms with Gasteiger partial charge in [-0.3, -0.25) is 14.4 Å². The van der Waals surface area contributed by atoms with Gasteiger partial charge in [-0.1, -0.05) is 13.0 Å². The largest absolute Gasteiger partial charge is 0.390 e. The van der Waals surface area contributed by atoms with Gasteiger partial charge in [-0.25, -0.2) is 8.78 Å². The fourth-order valence-electron chi connectivity index (χ4n) is 8.62. The maximum Gasteiger partial charge on any atom is 0.192 e. The van der Waals surface area contributed by atoms with E-state index in [2.05, 4.69) is 0 Å². The monoisotopic (exact) mass is 519 g/mol. The van der Waals surface area contributed by atoms with Crippen molar-refractivity contribution in [2.75, 3.05) is 13.2 Å². The summed E-state index contributed by atoms with van der Waals surface area (Å²) >= 11 is 1.56. The van der Waals surface area contributed by atoms with Crippen LogP contribution in [0.1, 0.15) is 38.7 Å². The molecule has 9 unspecified atom stereocenters. The summed E-state index contributed by atoms with van der Waals surface area (Å²) in [6, 6.07) is 1.98. The van der Waals surface area contributed by atoms with Crippen LogP contribution < -0.4 is 0 Å². The van der Waals surface area contributed by atoms with Crippen LogP contribution in [0.3, 0.4) is 0 Å². The number of fused-ring (bicyclic) bond motifs is 7. The number of hydroxylamine groups is 2. The number of rotatable bonds is 4. The molecule has 1 aliphatic heterocycles. The predicted molar refractivity (Wildman–Crippen MR) is 128 cm³/mol. The van der Waals surface area contributed by atoms with Crippen LogP contribution in [0.5, 0.6) is 0 Å². The van der Waals surface area contributed by atoms with Gasteiger partial charge in [0.15, 0.2) is 22.8 Å². The number of nitrogens with zero attached hydrogens (tertiary/aromatic N) is 1. The second-order valence-electron chi connectivity index (χ2n) is 11.7. The molecule has 9 atom stereocenters. The van der Waals surface area contributed by atoms with Crippen molar-refractivity contribution in [2.24, 2.45) is 28.6 Å². The van der Waals surface area contributed by atoms with E-state index in [0.717, 1.165) is 5.56 Å². The molecule has 0 radical (unpaired) electrons. The zero-order chi connectivity index (χ0) is 25.7. The number of aliphatic hydroxyl groups excluding tert-OH is 2. The zero-order valence-corrected chi connectivity index (χ0v) is 21.1. The molecule has 4 fully saturated rings. The Morgan fingerprint density at radius 2 is 2.08 bits per heavy atom. The van der Waals surface area contributed by atoms with Crippen molar-refractivity contribution in [2.45, 2.75) is 63.2 Å². The number of carbonyl (C=O) groups is 2. The van der Waals surface area contributed by atoms with Gasteiger partial charge in [-0.15, -0.1) is 0 Å². The average molecular weight is 520 g/mol. The van der Waals surface area contributed by atoms with Gasteiger partial charge in [0.25, 0.3) is 0 Å². The minimum atomic E-state index is -2.21. The molecule has 1 saturated heterocycles. The lowest BCUT2D eigenvalue weighted by molar-refractivity contribution is -0.269. The highest BCUT2D eigenvalue weighted by Crippen LogP contribution is 2.72. The Morgan fingerprint density at radius 1 is 1.31 bits per heavy atom. The Hall–Kier alpha value is -1.78. The summed E-state index contributed by atoms with van der Waals surface area (Å²) in [4.78, 5) is 31.9. The highest BCUT2D eigenvalue weighted by Gasteiger charge is 2.79. The van der Waals surface area contributed by atoms with Crippen LogP contribution in [0.2, 0.25) is 0 Å². The van der Waals surface area contributed by atoms with Crippen LogP contribution in [-0.4, -0.2) is 63.5 Å². The summed E-state index contributed by atoms with van der Waals surface area (Å²) in [6.07, 6.45) is 0.980. The summed E-state index contributed by atoms with van der Waals surface area (Å²) in [6.45, 7) is 3.57. The number of thiophene rings is 1. The lowest BCUT2D eigenvalue weighted by Crippen LogP contribution is -2.70. The van der Waals surface area contributed by atoms with Gasteiger partial charge in [0.05, 0.1) is 6.10 Å². The number of ketones is 2. The van der Waals surface area contributed by atoms with E-state index in [1.165, 1.54) is 18.2 Å². The molecular weight excluding hydrogens is 488 g/mol. The van der Waals surface area contributed by atoms with E-state index >= 15 is 8.78 Å². The molecule has 0 amide bonds. The average Bonchev–Trinajstić information content (AvgIpc) is 3.53. The topological polar surface area (TPSA) is 87.1 Å². The first-order chi connectivity index (χ1) is 17.0. The van der Waals surface area contributed by atoms with E-state index in [0.29, 0.717) is 19.5 Å². The number of hydrogen-bond acceptors (Lipinski definition) is 7. The van der Waals surface area contributed by atoms with Crippen molar-refractivity contribution in [3.05, 3.63) is 46.2 Å². The molecule has 0 spiro atoms. The standard InChI is InChI=1S/C27H31F2NO5S/c1-24-5-3-17(32)8-20(24)21(28)9-19-18-7-16-12-30(11-15-4-6-36-14-15)35-27(16,23(34)13-31)25(18,2)10-22(33)26(19,24)29/h3-6,8,14,16,18-19,21-22,31,33H,7,9-13H2,1-2H3. The van der Waals surface area contributed by atoms with Crippen LogP contribution in [0.15, 0.2) is 40.6 Å². The first-order valence-electron chi connectivity index (χ1n) is 12.6. The Morgan fingerprint density at radius 3 is 2.78 bits per heavy atom. The van der Waals surface area contributed by atoms with Crippen molar-refractivity contribution in [1.29, 1.82) is 0 Å². The number of aliphatic hydroxyl groups is 2. The third-order valence-electron chi connectivity index (χ3n) is 10.2. The summed E-state index contributed by atoms with van der Waals surface area (Å²) in [5.74, 6) is -2.52. The molecule has 2 N–H and O–H groups in total. The molecule has 3 saturated carbocycles. The molecular formula is C27H31F2NO5S. The van der Waals surface area contributed by atoms with E-state index in [1.54, 1.807) is 23.3 Å². The van der Waals surface area contributed by atoms with E-state index in [9.17, 15) is 19.8 Å². The quantitative estimate of drug-likeness (QED) is 0.635. The molecule has 0 bridgehead atoms. The minimum Gasteiger partial charge on any atom is -0.390 e. The number of halogens is 2. The molecule has 9 heteroatoms. The maximum atomic E-state index is 17.3. The fraction of sp³-hybridized carbons (Fsp3) is 0.630. The first-order valence-corrected chi connectivity index (χ1v) is 13.5. The van der Waals surface area contributed by atoms with Crippen LogP contribution in [0, 0.1) is 28.6 Å². The maximum absolute atomic E-state index is 17.3. The number of alkyl halides is 2. The SMILES string of the molecule is CC12C=CC(=O)C=C1C(F)CC1C3CC4CN(Cc5ccsc5)OC4(C(=O)CO)C3(C)CC(O)C12F. The second kappa shape index (κ2) is 7.86. The van der Waals surface area contributed by atoms with E-state index in [1.807, 2.05) is 23.8 Å². The van der Waals surface area contributed by atoms with Crippen molar-refractivity contribution < 1.29 is 33.4 Å². The lowest BCUT2D eigenvalue weighted by Gasteiger charge is -2.63. The third kappa shape index (κ3) is 2.84. The number of Topliss-reactive ketones (excluding diaryl/α,β-unsaturated/α-hetero) is 1. The van der Waals surface area contributed by atoms with Gasteiger partial charge in [0.1, 0.15) is 12.8 Å². The predicted octanol–water partition coefficient (Wildman–Crippen LogP) is 3.34. The van der Waals surface area contributed by atoms with Gasteiger partial charge in [0, 0.05) is 35.8 Å². The lowest BCUT2D eigenvalue weighted by atomic mass is 9.44. The van der Waals surface area contributed by atoms with Crippen molar-refractivity contribution >= 4 is 22.9 Å². The summed E-state index contributed by atoms with van der Waals surface area (Å²) < 4.78 is 33.0. The van der Waals surface area contributed by atoms with Gasteiger partial charge in [-0.05, 0) is 72.2 Å². The molecule has 5 aliphatic rings. The molecule has 2 heterocycles. The van der Waals surface area contributed by atoms with Crippen LogP contribution in [0.25, 0.3) is 0 Å². The molecule has 6 rings (SSSR count). The Kier molecular flexibility index (Phi) is 5.36. The molecule has 0 aromatic carbocycles. The van der Waals surface area contributed by atoms with Crippen LogP contribution >= 0.6 is 11.3 Å². The Bertz CT molecular complexity index is 1170. The number of allylic oxidation sites excluding steroid dienone is 4. The molecule has 1 aromatic rings. The number of hydrogen-bond donors (Lipinski definition) is 2. The van der Waals surface area contributed by atoms with Gasteiger partial charge in [-0.2, -0.15) is 16.4 Å². The molecule has 6 nitrogen and oxygen atoms in total. The second-order valence-corrected chi connectivity index (χ2v) is 12.4. The normalized spacial score (nSPS) is 47.7. The van der Waals surface area contributed by atoms with Crippen molar-refractivity contribution in [3.63, 3.8) is 0 Å². The molecule has 194 valence electrons.